The van der Waals surface area contributed by atoms with Gasteiger partial charge < -0.3 is 10.3 Å². The van der Waals surface area contributed by atoms with Crippen LogP contribution in [-0.4, -0.2) is 15.9 Å². The zero-order valence-electron chi connectivity index (χ0n) is 12.5. The van der Waals surface area contributed by atoms with Crippen molar-refractivity contribution in [2.45, 2.75) is 6.92 Å². The van der Waals surface area contributed by atoms with Crippen LogP contribution in [0.5, 0.6) is 0 Å². The number of H-pyrrole nitrogens is 1. The van der Waals surface area contributed by atoms with Crippen LogP contribution in [0.4, 0.5) is 5.69 Å². The molecule has 0 aliphatic carbocycles. The van der Waals surface area contributed by atoms with Gasteiger partial charge in [-0.1, -0.05) is 18.2 Å². The van der Waals surface area contributed by atoms with Gasteiger partial charge in [-0.25, -0.2) is 4.98 Å². The van der Waals surface area contributed by atoms with E-state index in [1.165, 1.54) is 0 Å². The van der Waals surface area contributed by atoms with Crippen LogP contribution >= 0.6 is 0 Å². The number of anilines is 1. The molecule has 23 heavy (non-hydrogen) atoms. The van der Waals surface area contributed by atoms with Gasteiger partial charge in [0.2, 0.25) is 0 Å². The maximum absolute atomic E-state index is 12.3. The average molecular weight is 302 g/mol. The first-order valence-corrected chi connectivity index (χ1v) is 7.09. The molecule has 5 nitrogen and oxygen atoms in total. The van der Waals surface area contributed by atoms with Gasteiger partial charge in [-0.15, -0.1) is 0 Å². The summed E-state index contributed by atoms with van der Waals surface area (Å²) in [6.45, 7) is 1.95. The van der Waals surface area contributed by atoms with E-state index < -0.39 is 0 Å². The molecule has 1 heterocycles. The molecule has 0 atom stereocenters. The number of imidazole rings is 1. The topological polar surface area (TPSA) is 81.6 Å². The molecule has 0 saturated carbocycles. The second-order valence-electron chi connectivity index (χ2n) is 5.10. The number of amides is 1. The highest BCUT2D eigenvalue weighted by molar-refractivity contribution is 6.04. The minimum Gasteiger partial charge on any atom is -0.348 e. The maximum atomic E-state index is 12.3. The van der Waals surface area contributed by atoms with E-state index in [1.54, 1.807) is 30.6 Å². The molecule has 2 N–H and O–H groups in total. The van der Waals surface area contributed by atoms with E-state index in [2.05, 4.69) is 15.3 Å². The number of aromatic nitrogens is 2. The number of nitrogens with zero attached hydrogens (tertiary/aromatic N) is 2. The van der Waals surface area contributed by atoms with E-state index in [-0.39, 0.29) is 5.91 Å². The summed E-state index contributed by atoms with van der Waals surface area (Å²) < 4.78 is 0. The van der Waals surface area contributed by atoms with E-state index in [1.807, 2.05) is 37.3 Å². The zero-order valence-corrected chi connectivity index (χ0v) is 12.5. The van der Waals surface area contributed by atoms with Gasteiger partial charge in [0, 0.05) is 22.5 Å². The smallest absolute Gasteiger partial charge is 0.255 e. The van der Waals surface area contributed by atoms with Crippen LogP contribution in [0.2, 0.25) is 0 Å². The summed E-state index contributed by atoms with van der Waals surface area (Å²) in [7, 11) is 0. The summed E-state index contributed by atoms with van der Waals surface area (Å²) >= 11 is 0. The van der Waals surface area contributed by atoms with Crippen molar-refractivity contribution in [1.82, 2.24) is 9.97 Å². The van der Waals surface area contributed by atoms with Crippen molar-refractivity contribution in [2.24, 2.45) is 0 Å². The maximum Gasteiger partial charge on any atom is 0.255 e. The fourth-order valence-corrected chi connectivity index (χ4v) is 2.33. The highest BCUT2D eigenvalue weighted by atomic mass is 16.1. The molecule has 3 rings (SSSR count). The van der Waals surface area contributed by atoms with Crippen molar-refractivity contribution in [3.63, 3.8) is 0 Å². The van der Waals surface area contributed by atoms with Crippen molar-refractivity contribution >= 4 is 11.6 Å². The van der Waals surface area contributed by atoms with Gasteiger partial charge in [-0.2, -0.15) is 5.26 Å². The number of nitriles is 1. The Labute approximate surface area is 133 Å². The van der Waals surface area contributed by atoms with Crippen LogP contribution in [0.15, 0.2) is 54.9 Å². The second kappa shape index (κ2) is 6.16. The number of benzene rings is 2. The number of nitrogens with one attached hydrogen (secondary N) is 2. The predicted octanol–water partition coefficient (Wildman–Crippen LogP) is 3.51. The second-order valence-corrected chi connectivity index (χ2v) is 5.10. The Hall–Kier alpha value is -3.39. The Morgan fingerprint density at radius 1 is 1.22 bits per heavy atom. The fourth-order valence-electron chi connectivity index (χ4n) is 2.33. The zero-order chi connectivity index (χ0) is 16.2. The SMILES string of the molecule is Cc1[nH]cnc1-c1cccc(NC(=O)c2cccc(C#N)c2)c1. The molecular formula is C18H14N4O. The van der Waals surface area contributed by atoms with Crippen LogP contribution in [0, 0.1) is 18.3 Å². The van der Waals surface area contributed by atoms with Crippen LogP contribution in [-0.2, 0) is 0 Å². The summed E-state index contributed by atoms with van der Waals surface area (Å²) in [6.07, 6.45) is 1.64. The summed E-state index contributed by atoms with van der Waals surface area (Å²) in [5, 5.41) is 11.8. The van der Waals surface area contributed by atoms with Crippen LogP contribution < -0.4 is 5.32 Å². The number of aromatic amines is 1. The Morgan fingerprint density at radius 2 is 2.04 bits per heavy atom. The highest BCUT2D eigenvalue weighted by Crippen LogP contribution is 2.23. The Balaban J connectivity index is 1.84. The summed E-state index contributed by atoms with van der Waals surface area (Å²) in [4.78, 5) is 19.6. The molecule has 1 amide bonds. The third kappa shape index (κ3) is 3.11. The quantitative estimate of drug-likeness (QED) is 0.776. The third-order valence-corrected chi connectivity index (χ3v) is 3.48. The lowest BCUT2D eigenvalue weighted by atomic mass is 10.1. The number of hydrogen-bond donors (Lipinski definition) is 2. The number of aryl methyl sites for hydroxylation is 1. The van der Waals surface area contributed by atoms with Gasteiger partial charge >= 0.3 is 0 Å². The lowest BCUT2D eigenvalue weighted by Gasteiger charge is -2.07. The van der Waals surface area contributed by atoms with E-state index in [0.29, 0.717) is 16.8 Å². The first-order chi connectivity index (χ1) is 11.2. The first kappa shape index (κ1) is 14.5. The molecule has 0 fully saturated rings. The van der Waals surface area contributed by atoms with E-state index >= 15 is 0 Å². The molecule has 0 aliphatic rings. The highest BCUT2D eigenvalue weighted by Gasteiger charge is 2.09. The van der Waals surface area contributed by atoms with Crippen LogP contribution in [0.25, 0.3) is 11.3 Å². The van der Waals surface area contributed by atoms with Crippen molar-refractivity contribution in [3.8, 4) is 17.3 Å². The average Bonchev–Trinajstić information content (AvgIpc) is 3.01. The Kier molecular flexibility index (Phi) is 3.89. The molecule has 0 spiro atoms. The standard InChI is InChI=1S/C18H14N4O/c1-12-17(21-11-20-12)14-5-3-7-16(9-14)22-18(23)15-6-2-4-13(8-15)10-19/h2-9,11H,1H3,(H,20,21)(H,22,23). The van der Waals surface area contributed by atoms with Crippen molar-refractivity contribution in [3.05, 3.63) is 71.7 Å². The molecule has 5 heteroatoms. The monoisotopic (exact) mass is 302 g/mol. The minimum absolute atomic E-state index is 0.252. The van der Waals surface area contributed by atoms with Crippen molar-refractivity contribution in [2.75, 3.05) is 5.32 Å². The van der Waals surface area contributed by atoms with E-state index in [4.69, 9.17) is 5.26 Å². The van der Waals surface area contributed by atoms with Crippen LogP contribution in [0.3, 0.4) is 0 Å². The molecule has 0 unspecified atom stereocenters. The van der Waals surface area contributed by atoms with Crippen molar-refractivity contribution in [1.29, 1.82) is 5.26 Å². The largest absolute Gasteiger partial charge is 0.348 e. The minimum atomic E-state index is -0.252. The van der Waals surface area contributed by atoms with Gasteiger partial charge in [0.1, 0.15) is 0 Å². The van der Waals surface area contributed by atoms with Gasteiger partial charge in [-0.05, 0) is 37.3 Å². The molecule has 0 aliphatic heterocycles. The fraction of sp³-hybridized carbons (Fsp3) is 0.0556. The molecule has 0 saturated heterocycles. The predicted molar refractivity (Wildman–Crippen MR) is 87.9 cm³/mol. The van der Waals surface area contributed by atoms with E-state index in [0.717, 1.165) is 17.0 Å². The molecule has 3 aromatic rings. The van der Waals surface area contributed by atoms with Gasteiger partial charge in [0.25, 0.3) is 5.91 Å². The molecule has 0 bridgehead atoms. The molecule has 1 aromatic heterocycles. The number of carbonyl (C=O) groups is 1. The Morgan fingerprint density at radius 3 is 2.78 bits per heavy atom. The number of hydrogen-bond acceptors (Lipinski definition) is 3. The summed E-state index contributed by atoms with van der Waals surface area (Å²) in [5.74, 6) is -0.252. The van der Waals surface area contributed by atoms with Crippen molar-refractivity contribution < 1.29 is 4.79 Å². The first-order valence-electron chi connectivity index (χ1n) is 7.09. The number of rotatable bonds is 3. The lowest BCUT2D eigenvalue weighted by Crippen LogP contribution is -2.12. The molecule has 0 radical (unpaired) electrons. The molecular weight excluding hydrogens is 288 g/mol. The van der Waals surface area contributed by atoms with Gasteiger partial charge in [-0.3, -0.25) is 4.79 Å². The van der Waals surface area contributed by atoms with Crippen LogP contribution in [0.1, 0.15) is 21.6 Å². The van der Waals surface area contributed by atoms with Gasteiger partial charge in [0.15, 0.2) is 0 Å². The summed E-state index contributed by atoms with van der Waals surface area (Å²) in [5.41, 5.74) is 4.33. The van der Waals surface area contributed by atoms with E-state index in [9.17, 15) is 4.79 Å². The normalized spacial score (nSPS) is 10.1. The summed E-state index contributed by atoms with van der Waals surface area (Å²) in [6, 6.07) is 16.1. The number of carbonyl (C=O) groups excluding carboxylic acids is 1. The van der Waals surface area contributed by atoms with Gasteiger partial charge in [0.05, 0.1) is 23.7 Å². The molecule has 112 valence electrons. The Bertz CT molecular complexity index is 905. The molecule has 2 aromatic carbocycles. The third-order valence-electron chi connectivity index (χ3n) is 3.48. The lowest BCUT2D eigenvalue weighted by molar-refractivity contribution is 0.102.